The highest BCUT2D eigenvalue weighted by atomic mass is 35.5. The van der Waals surface area contributed by atoms with Crippen molar-refractivity contribution in [3.05, 3.63) is 45.2 Å². The molecule has 0 radical (unpaired) electrons. The fourth-order valence-corrected chi connectivity index (χ4v) is 1.65. The third-order valence-electron chi connectivity index (χ3n) is 2.25. The van der Waals surface area contributed by atoms with Crippen molar-refractivity contribution in [3.63, 3.8) is 0 Å². The van der Waals surface area contributed by atoms with Crippen LogP contribution >= 0.6 is 11.6 Å². The Morgan fingerprint density at radius 2 is 2.26 bits per heavy atom. The molecule has 1 aromatic carbocycles. The summed E-state index contributed by atoms with van der Waals surface area (Å²) in [6.45, 7) is 0. The molecule has 1 N–H and O–H groups in total. The van der Waals surface area contributed by atoms with Crippen molar-refractivity contribution >= 4 is 23.3 Å². The van der Waals surface area contributed by atoms with Crippen LogP contribution in [0.15, 0.2) is 24.4 Å². The van der Waals surface area contributed by atoms with E-state index in [0.29, 0.717) is 0 Å². The Labute approximate surface area is 111 Å². The van der Waals surface area contributed by atoms with E-state index in [2.05, 4.69) is 10.3 Å². The number of hydrogen-bond donors (Lipinski definition) is 1. The SMILES string of the molecule is O=C(O)Cc1cn(-c2ccc(Cl)cc2[N+](=O)[O-])nn1. The minimum absolute atomic E-state index is 0.165. The summed E-state index contributed by atoms with van der Waals surface area (Å²) in [4.78, 5) is 20.9. The van der Waals surface area contributed by atoms with Gasteiger partial charge in [-0.1, -0.05) is 16.8 Å². The van der Waals surface area contributed by atoms with Crippen molar-refractivity contribution in [1.29, 1.82) is 0 Å². The number of carboxylic acids is 1. The zero-order valence-corrected chi connectivity index (χ0v) is 10.1. The molecule has 0 aliphatic rings. The van der Waals surface area contributed by atoms with Gasteiger partial charge in [0.05, 0.1) is 23.2 Å². The minimum atomic E-state index is -1.06. The fourth-order valence-electron chi connectivity index (χ4n) is 1.49. The topological polar surface area (TPSA) is 111 Å². The smallest absolute Gasteiger partial charge is 0.309 e. The summed E-state index contributed by atoms with van der Waals surface area (Å²) in [5, 5.41) is 27.1. The van der Waals surface area contributed by atoms with E-state index < -0.39 is 10.9 Å². The van der Waals surface area contributed by atoms with E-state index in [1.165, 1.54) is 24.4 Å². The molecule has 0 amide bonds. The molecular formula is C10H7ClN4O4. The Balaban J connectivity index is 2.44. The highest BCUT2D eigenvalue weighted by molar-refractivity contribution is 6.30. The summed E-state index contributed by atoms with van der Waals surface area (Å²) >= 11 is 5.69. The molecule has 0 atom stereocenters. The van der Waals surface area contributed by atoms with Crippen LogP contribution in [0.3, 0.4) is 0 Å². The molecular weight excluding hydrogens is 276 g/mol. The van der Waals surface area contributed by atoms with Crippen LogP contribution in [0.5, 0.6) is 0 Å². The fraction of sp³-hybridized carbons (Fsp3) is 0.100. The van der Waals surface area contributed by atoms with Crippen molar-refractivity contribution < 1.29 is 14.8 Å². The van der Waals surface area contributed by atoms with Crippen molar-refractivity contribution in [3.8, 4) is 5.69 Å². The summed E-state index contributed by atoms with van der Waals surface area (Å²) in [6, 6.07) is 4.08. The molecule has 0 saturated carbocycles. The average Bonchev–Trinajstić information content (AvgIpc) is 2.76. The molecule has 19 heavy (non-hydrogen) atoms. The van der Waals surface area contributed by atoms with E-state index in [1.807, 2.05) is 0 Å². The van der Waals surface area contributed by atoms with Crippen LogP contribution in [0.2, 0.25) is 5.02 Å². The number of aliphatic carboxylic acids is 1. The van der Waals surface area contributed by atoms with Crippen molar-refractivity contribution in [1.82, 2.24) is 15.0 Å². The third-order valence-corrected chi connectivity index (χ3v) is 2.49. The van der Waals surface area contributed by atoms with Gasteiger partial charge in [0, 0.05) is 11.1 Å². The number of aromatic nitrogens is 3. The molecule has 0 unspecified atom stereocenters. The number of rotatable bonds is 4. The van der Waals surface area contributed by atoms with Crippen LogP contribution in [0.1, 0.15) is 5.69 Å². The van der Waals surface area contributed by atoms with Crippen LogP contribution in [0, 0.1) is 10.1 Å². The zero-order chi connectivity index (χ0) is 14.0. The molecule has 2 aromatic rings. The van der Waals surface area contributed by atoms with Gasteiger partial charge in [-0.15, -0.1) is 5.10 Å². The number of carboxylic acid groups (broad SMARTS) is 1. The molecule has 0 bridgehead atoms. The summed E-state index contributed by atoms with van der Waals surface area (Å²) < 4.78 is 1.15. The van der Waals surface area contributed by atoms with E-state index in [-0.39, 0.29) is 28.5 Å². The Bertz CT molecular complexity index is 655. The van der Waals surface area contributed by atoms with Gasteiger partial charge < -0.3 is 5.11 Å². The molecule has 2 rings (SSSR count). The largest absolute Gasteiger partial charge is 0.481 e. The van der Waals surface area contributed by atoms with E-state index >= 15 is 0 Å². The lowest BCUT2D eigenvalue weighted by Crippen LogP contribution is -2.01. The lowest BCUT2D eigenvalue weighted by molar-refractivity contribution is -0.384. The number of carbonyl (C=O) groups is 1. The highest BCUT2D eigenvalue weighted by Gasteiger charge is 2.17. The Morgan fingerprint density at radius 1 is 1.53 bits per heavy atom. The van der Waals surface area contributed by atoms with E-state index in [0.717, 1.165) is 4.68 Å². The number of halogens is 1. The number of nitro benzene ring substituents is 1. The first-order valence-electron chi connectivity index (χ1n) is 5.04. The lowest BCUT2D eigenvalue weighted by atomic mass is 10.2. The van der Waals surface area contributed by atoms with Gasteiger partial charge >= 0.3 is 5.97 Å². The van der Waals surface area contributed by atoms with Gasteiger partial charge in [0.2, 0.25) is 0 Å². The first-order chi connectivity index (χ1) is 8.97. The van der Waals surface area contributed by atoms with E-state index in [9.17, 15) is 14.9 Å². The average molecular weight is 283 g/mol. The maximum Gasteiger partial charge on any atom is 0.309 e. The van der Waals surface area contributed by atoms with Gasteiger partial charge in [-0.2, -0.15) is 0 Å². The van der Waals surface area contributed by atoms with Crippen LogP contribution in [-0.2, 0) is 11.2 Å². The number of benzene rings is 1. The Morgan fingerprint density at radius 3 is 2.89 bits per heavy atom. The summed E-state index contributed by atoms with van der Waals surface area (Å²) in [5.41, 5.74) is 0.134. The molecule has 0 aliphatic carbocycles. The maximum absolute atomic E-state index is 10.9. The second-order valence-corrected chi connectivity index (χ2v) is 4.05. The van der Waals surface area contributed by atoms with Crippen LogP contribution in [0.25, 0.3) is 5.69 Å². The van der Waals surface area contributed by atoms with Gasteiger partial charge in [0.25, 0.3) is 5.69 Å². The summed E-state index contributed by atoms with van der Waals surface area (Å²) in [5.74, 6) is -1.06. The predicted octanol–water partition coefficient (Wildman–Crippen LogP) is 1.46. The first-order valence-corrected chi connectivity index (χ1v) is 5.42. The van der Waals surface area contributed by atoms with Gasteiger partial charge in [0.15, 0.2) is 0 Å². The van der Waals surface area contributed by atoms with Gasteiger partial charge in [-0.25, -0.2) is 4.68 Å². The van der Waals surface area contributed by atoms with Crippen molar-refractivity contribution in [2.24, 2.45) is 0 Å². The summed E-state index contributed by atoms with van der Waals surface area (Å²) in [7, 11) is 0. The number of hydrogen-bond acceptors (Lipinski definition) is 5. The van der Waals surface area contributed by atoms with Crippen molar-refractivity contribution in [2.45, 2.75) is 6.42 Å². The molecule has 1 heterocycles. The molecule has 8 nitrogen and oxygen atoms in total. The maximum atomic E-state index is 10.9. The second kappa shape index (κ2) is 5.02. The van der Waals surface area contributed by atoms with Gasteiger partial charge in [0.1, 0.15) is 5.69 Å². The van der Waals surface area contributed by atoms with Crippen LogP contribution < -0.4 is 0 Å². The van der Waals surface area contributed by atoms with Crippen LogP contribution in [-0.4, -0.2) is 31.0 Å². The summed E-state index contributed by atoms with van der Waals surface area (Å²) in [6.07, 6.45) is 1.02. The first kappa shape index (κ1) is 13.0. The lowest BCUT2D eigenvalue weighted by Gasteiger charge is -2.01. The molecule has 0 saturated heterocycles. The minimum Gasteiger partial charge on any atom is -0.481 e. The molecule has 0 spiro atoms. The van der Waals surface area contributed by atoms with E-state index in [4.69, 9.17) is 16.7 Å². The normalized spacial score (nSPS) is 10.4. The predicted molar refractivity (Wildman–Crippen MR) is 64.4 cm³/mol. The Kier molecular flexibility index (Phi) is 3.43. The third kappa shape index (κ3) is 2.86. The van der Waals surface area contributed by atoms with E-state index in [1.54, 1.807) is 0 Å². The van der Waals surface area contributed by atoms with Gasteiger partial charge in [-0.05, 0) is 12.1 Å². The number of nitro groups is 1. The number of nitrogens with zero attached hydrogens (tertiary/aromatic N) is 4. The monoisotopic (exact) mass is 282 g/mol. The van der Waals surface area contributed by atoms with Crippen molar-refractivity contribution in [2.75, 3.05) is 0 Å². The van der Waals surface area contributed by atoms with Gasteiger partial charge in [-0.3, -0.25) is 14.9 Å². The highest BCUT2D eigenvalue weighted by Crippen LogP contribution is 2.25. The zero-order valence-electron chi connectivity index (χ0n) is 9.36. The molecule has 0 aliphatic heterocycles. The molecule has 98 valence electrons. The molecule has 1 aromatic heterocycles. The quantitative estimate of drug-likeness (QED) is 0.671. The molecule has 0 fully saturated rings. The molecule has 9 heteroatoms. The van der Waals surface area contributed by atoms with Crippen LogP contribution in [0.4, 0.5) is 5.69 Å². The second-order valence-electron chi connectivity index (χ2n) is 3.62. The Hall–Kier alpha value is -2.48. The standard InChI is InChI=1S/C10H7ClN4O4/c11-6-1-2-8(9(3-6)15(18)19)14-5-7(12-13-14)4-10(16)17/h1-3,5H,4H2,(H,16,17).